The lowest BCUT2D eigenvalue weighted by molar-refractivity contribution is 0.407. The van der Waals surface area contributed by atoms with Crippen LogP contribution in [0.1, 0.15) is 42.5 Å². The normalized spacial score (nSPS) is 12.5. The van der Waals surface area contributed by atoms with Crippen LogP contribution in [-0.4, -0.2) is 7.11 Å². The van der Waals surface area contributed by atoms with E-state index in [1.807, 2.05) is 18.2 Å². The van der Waals surface area contributed by atoms with Crippen molar-refractivity contribution in [2.24, 2.45) is 5.73 Å². The molecule has 0 aliphatic rings. The van der Waals surface area contributed by atoms with Crippen molar-refractivity contribution in [3.05, 3.63) is 63.6 Å². The van der Waals surface area contributed by atoms with Gasteiger partial charge >= 0.3 is 0 Å². The molecule has 106 valence electrons. The average molecular weight is 334 g/mol. The Morgan fingerprint density at radius 1 is 1.00 bits per heavy atom. The van der Waals surface area contributed by atoms with Crippen LogP contribution >= 0.6 is 15.9 Å². The second-order valence-corrected chi connectivity index (χ2v) is 6.10. The number of halogens is 1. The molecule has 3 heteroatoms. The Balaban J connectivity index is 2.33. The molecule has 0 aliphatic heterocycles. The van der Waals surface area contributed by atoms with Crippen molar-refractivity contribution in [3.8, 4) is 5.75 Å². The maximum Gasteiger partial charge on any atom is 0.125 e. The molecule has 2 rings (SSSR count). The standard InChI is InChI=1S/C17H20BrNO/c1-11(2)12-4-6-13(7-5-12)17(19)15-9-8-14(18)10-16(15)20-3/h4-11,17H,19H2,1-3H3. The summed E-state index contributed by atoms with van der Waals surface area (Å²) in [5.41, 5.74) is 9.78. The number of hydrogen-bond acceptors (Lipinski definition) is 2. The third kappa shape index (κ3) is 3.22. The van der Waals surface area contributed by atoms with Crippen LogP contribution in [0.2, 0.25) is 0 Å². The van der Waals surface area contributed by atoms with E-state index in [0.29, 0.717) is 5.92 Å². The van der Waals surface area contributed by atoms with Crippen LogP contribution in [0, 0.1) is 0 Å². The summed E-state index contributed by atoms with van der Waals surface area (Å²) < 4.78 is 6.41. The molecule has 0 heterocycles. The second-order valence-electron chi connectivity index (χ2n) is 5.19. The van der Waals surface area contributed by atoms with E-state index in [2.05, 4.69) is 54.0 Å². The van der Waals surface area contributed by atoms with Crippen molar-refractivity contribution in [1.29, 1.82) is 0 Å². The first-order chi connectivity index (χ1) is 9.52. The highest BCUT2D eigenvalue weighted by Gasteiger charge is 2.14. The molecule has 2 aromatic carbocycles. The summed E-state index contributed by atoms with van der Waals surface area (Å²) >= 11 is 3.45. The minimum atomic E-state index is -0.181. The summed E-state index contributed by atoms with van der Waals surface area (Å²) in [6.45, 7) is 4.37. The molecule has 20 heavy (non-hydrogen) atoms. The molecule has 0 fully saturated rings. The molecule has 0 spiro atoms. The Hall–Kier alpha value is -1.32. The van der Waals surface area contributed by atoms with Gasteiger partial charge in [0.05, 0.1) is 13.2 Å². The highest BCUT2D eigenvalue weighted by atomic mass is 79.9. The van der Waals surface area contributed by atoms with E-state index in [0.717, 1.165) is 21.3 Å². The van der Waals surface area contributed by atoms with Gasteiger partial charge in [0, 0.05) is 10.0 Å². The summed E-state index contributed by atoms with van der Waals surface area (Å²) in [4.78, 5) is 0. The molecule has 1 atom stereocenters. The van der Waals surface area contributed by atoms with Crippen molar-refractivity contribution in [1.82, 2.24) is 0 Å². The molecule has 0 aromatic heterocycles. The van der Waals surface area contributed by atoms with Crippen molar-refractivity contribution < 1.29 is 4.74 Å². The van der Waals surface area contributed by atoms with Gasteiger partial charge in [-0.2, -0.15) is 0 Å². The molecular formula is C17H20BrNO. The Morgan fingerprint density at radius 2 is 1.60 bits per heavy atom. The lowest BCUT2D eigenvalue weighted by Crippen LogP contribution is -2.13. The smallest absolute Gasteiger partial charge is 0.125 e. The molecule has 2 nitrogen and oxygen atoms in total. The van der Waals surface area contributed by atoms with E-state index in [9.17, 15) is 0 Å². The first-order valence-electron chi connectivity index (χ1n) is 6.71. The fraction of sp³-hybridized carbons (Fsp3) is 0.294. The minimum Gasteiger partial charge on any atom is -0.496 e. The molecule has 0 radical (unpaired) electrons. The fourth-order valence-electron chi connectivity index (χ4n) is 2.21. The van der Waals surface area contributed by atoms with Crippen molar-refractivity contribution in [2.45, 2.75) is 25.8 Å². The van der Waals surface area contributed by atoms with Crippen LogP contribution in [0.3, 0.4) is 0 Å². The van der Waals surface area contributed by atoms with Gasteiger partial charge in [-0.05, 0) is 29.2 Å². The van der Waals surface area contributed by atoms with Gasteiger partial charge in [-0.3, -0.25) is 0 Å². The Morgan fingerprint density at radius 3 is 2.15 bits per heavy atom. The summed E-state index contributed by atoms with van der Waals surface area (Å²) in [7, 11) is 1.67. The molecule has 0 aliphatic carbocycles. The van der Waals surface area contributed by atoms with Crippen molar-refractivity contribution in [2.75, 3.05) is 7.11 Å². The number of nitrogens with two attached hydrogens (primary N) is 1. The van der Waals surface area contributed by atoms with Gasteiger partial charge in [-0.15, -0.1) is 0 Å². The maximum atomic E-state index is 6.37. The molecule has 1 unspecified atom stereocenters. The SMILES string of the molecule is COc1cc(Br)ccc1C(N)c1ccc(C(C)C)cc1. The van der Waals surface area contributed by atoms with Gasteiger partial charge in [-0.25, -0.2) is 0 Å². The number of rotatable bonds is 4. The summed E-state index contributed by atoms with van der Waals surface area (Å²) in [6.07, 6.45) is 0. The molecule has 2 aromatic rings. The van der Waals surface area contributed by atoms with E-state index in [1.165, 1.54) is 5.56 Å². The van der Waals surface area contributed by atoms with Crippen LogP contribution < -0.4 is 10.5 Å². The van der Waals surface area contributed by atoms with Gasteiger partial charge in [0.25, 0.3) is 0 Å². The summed E-state index contributed by atoms with van der Waals surface area (Å²) in [6, 6.07) is 14.2. The van der Waals surface area contributed by atoms with Gasteiger partial charge in [-0.1, -0.05) is 60.1 Å². The van der Waals surface area contributed by atoms with Crippen LogP contribution in [0.25, 0.3) is 0 Å². The molecule has 0 saturated heterocycles. The zero-order valence-corrected chi connectivity index (χ0v) is 13.6. The first kappa shape index (κ1) is 15.1. The molecular weight excluding hydrogens is 314 g/mol. The number of hydrogen-bond donors (Lipinski definition) is 1. The zero-order chi connectivity index (χ0) is 14.7. The predicted molar refractivity (Wildman–Crippen MR) is 87.3 cm³/mol. The van der Waals surface area contributed by atoms with Crippen LogP contribution in [-0.2, 0) is 0 Å². The van der Waals surface area contributed by atoms with E-state index >= 15 is 0 Å². The number of ether oxygens (including phenoxy) is 1. The zero-order valence-electron chi connectivity index (χ0n) is 12.1. The minimum absolute atomic E-state index is 0.181. The predicted octanol–water partition coefficient (Wildman–Crippen LogP) is 4.63. The molecule has 0 saturated carbocycles. The highest BCUT2D eigenvalue weighted by Crippen LogP contribution is 2.31. The second kappa shape index (κ2) is 6.42. The molecule has 0 bridgehead atoms. The average Bonchev–Trinajstić information content (AvgIpc) is 2.46. The lowest BCUT2D eigenvalue weighted by atomic mass is 9.95. The Labute approximate surface area is 129 Å². The van der Waals surface area contributed by atoms with Crippen molar-refractivity contribution in [3.63, 3.8) is 0 Å². The molecule has 0 amide bonds. The number of methoxy groups -OCH3 is 1. The van der Waals surface area contributed by atoms with Gasteiger partial charge in [0.2, 0.25) is 0 Å². The fourth-order valence-corrected chi connectivity index (χ4v) is 2.55. The first-order valence-corrected chi connectivity index (χ1v) is 7.51. The lowest BCUT2D eigenvalue weighted by Gasteiger charge is -2.17. The van der Waals surface area contributed by atoms with Gasteiger partial charge in [0.1, 0.15) is 5.75 Å². The topological polar surface area (TPSA) is 35.2 Å². The highest BCUT2D eigenvalue weighted by molar-refractivity contribution is 9.10. The van der Waals surface area contributed by atoms with Gasteiger partial charge in [0.15, 0.2) is 0 Å². The monoisotopic (exact) mass is 333 g/mol. The maximum absolute atomic E-state index is 6.37. The molecule has 2 N–H and O–H groups in total. The Kier molecular flexibility index (Phi) is 4.84. The van der Waals surface area contributed by atoms with Crippen LogP contribution in [0.15, 0.2) is 46.9 Å². The van der Waals surface area contributed by atoms with Crippen molar-refractivity contribution >= 4 is 15.9 Å². The number of benzene rings is 2. The quantitative estimate of drug-likeness (QED) is 0.885. The third-order valence-electron chi connectivity index (χ3n) is 3.49. The largest absolute Gasteiger partial charge is 0.496 e. The summed E-state index contributed by atoms with van der Waals surface area (Å²) in [5.74, 6) is 1.34. The van der Waals surface area contributed by atoms with E-state index in [-0.39, 0.29) is 6.04 Å². The van der Waals surface area contributed by atoms with Crippen LogP contribution in [0.4, 0.5) is 0 Å². The summed E-state index contributed by atoms with van der Waals surface area (Å²) in [5, 5.41) is 0. The van der Waals surface area contributed by atoms with Gasteiger partial charge < -0.3 is 10.5 Å². The van der Waals surface area contributed by atoms with Crippen LogP contribution in [0.5, 0.6) is 5.75 Å². The van der Waals surface area contributed by atoms with E-state index in [1.54, 1.807) is 7.11 Å². The Bertz CT molecular complexity index is 578. The third-order valence-corrected chi connectivity index (χ3v) is 3.99. The van der Waals surface area contributed by atoms with E-state index < -0.39 is 0 Å². The van der Waals surface area contributed by atoms with E-state index in [4.69, 9.17) is 10.5 Å².